The Bertz CT molecular complexity index is 375. The maximum Gasteiger partial charge on any atom is 0.0896 e. The van der Waals surface area contributed by atoms with E-state index in [9.17, 15) is 5.11 Å². The minimum absolute atomic E-state index is 0.417. The van der Waals surface area contributed by atoms with E-state index in [0.717, 1.165) is 24.3 Å². The van der Waals surface area contributed by atoms with Gasteiger partial charge in [-0.25, -0.2) is 0 Å². The van der Waals surface area contributed by atoms with Gasteiger partial charge in [0.25, 0.3) is 0 Å². The van der Waals surface area contributed by atoms with Gasteiger partial charge in [0.2, 0.25) is 0 Å². The van der Waals surface area contributed by atoms with E-state index in [2.05, 4.69) is 53.8 Å². The predicted octanol–water partition coefficient (Wildman–Crippen LogP) is 4.72. The molecule has 2 rings (SSSR count). The van der Waals surface area contributed by atoms with Gasteiger partial charge in [0.1, 0.15) is 0 Å². The van der Waals surface area contributed by atoms with Crippen LogP contribution in [-0.4, -0.2) is 5.11 Å². The molecule has 1 aliphatic carbocycles. The highest BCUT2D eigenvalue weighted by molar-refractivity contribution is 14.1. The Kier molecular flexibility index (Phi) is 4.70. The number of hydrogen-bond donors (Lipinski definition) is 1. The summed E-state index contributed by atoms with van der Waals surface area (Å²) in [6.07, 6.45) is 6.18. The maximum absolute atomic E-state index is 10.9. The molecule has 100 valence electrons. The van der Waals surface area contributed by atoms with Gasteiger partial charge in [0.15, 0.2) is 0 Å². The van der Waals surface area contributed by atoms with Gasteiger partial charge in [0.05, 0.1) is 5.60 Å². The second-order valence-electron chi connectivity index (χ2n) is 5.78. The first-order chi connectivity index (χ1) is 8.54. The van der Waals surface area contributed by atoms with Gasteiger partial charge in [-0.2, -0.15) is 0 Å². The van der Waals surface area contributed by atoms with Gasteiger partial charge >= 0.3 is 0 Å². The lowest BCUT2D eigenvalue weighted by Gasteiger charge is -2.38. The summed E-state index contributed by atoms with van der Waals surface area (Å²) < 4.78 is 1.22. The van der Waals surface area contributed by atoms with Crippen molar-refractivity contribution in [1.82, 2.24) is 0 Å². The minimum Gasteiger partial charge on any atom is -0.385 e. The van der Waals surface area contributed by atoms with Crippen molar-refractivity contribution in [1.29, 1.82) is 0 Å². The fraction of sp³-hybridized carbons (Fsp3) is 0.625. The summed E-state index contributed by atoms with van der Waals surface area (Å²) in [7, 11) is 0. The zero-order valence-electron chi connectivity index (χ0n) is 11.3. The molecule has 0 radical (unpaired) electrons. The Morgan fingerprint density at radius 3 is 2.22 bits per heavy atom. The van der Waals surface area contributed by atoms with Crippen molar-refractivity contribution in [3.8, 4) is 0 Å². The zero-order valence-corrected chi connectivity index (χ0v) is 13.5. The largest absolute Gasteiger partial charge is 0.385 e. The van der Waals surface area contributed by atoms with Gasteiger partial charge in [-0.3, -0.25) is 0 Å². The van der Waals surface area contributed by atoms with Crippen LogP contribution in [0, 0.1) is 15.4 Å². The molecule has 0 saturated heterocycles. The maximum atomic E-state index is 10.9. The number of halogens is 1. The van der Waals surface area contributed by atoms with Gasteiger partial charge in [-0.05, 0) is 71.9 Å². The van der Waals surface area contributed by atoms with E-state index in [1.807, 2.05) is 6.92 Å². The number of hydrogen-bond acceptors (Lipinski definition) is 1. The number of aliphatic hydroxyl groups is 1. The van der Waals surface area contributed by atoms with Crippen LogP contribution in [0.5, 0.6) is 0 Å². The van der Waals surface area contributed by atoms with Crippen molar-refractivity contribution in [3.63, 3.8) is 0 Å². The van der Waals surface area contributed by atoms with Crippen LogP contribution in [0.3, 0.4) is 0 Å². The molecule has 1 atom stereocenters. The molecule has 0 aromatic heterocycles. The highest BCUT2D eigenvalue weighted by Crippen LogP contribution is 2.41. The van der Waals surface area contributed by atoms with E-state index in [4.69, 9.17) is 0 Å². The Morgan fingerprint density at radius 2 is 1.72 bits per heavy atom. The van der Waals surface area contributed by atoms with Crippen LogP contribution in [0.15, 0.2) is 24.3 Å². The number of benzene rings is 1. The lowest BCUT2D eigenvalue weighted by atomic mass is 9.71. The van der Waals surface area contributed by atoms with Crippen LogP contribution in [0.25, 0.3) is 0 Å². The molecule has 0 bridgehead atoms. The molecule has 0 amide bonds. The quantitative estimate of drug-likeness (QED) is 0.776. The van der Waals surface area contributed by atoms with Crippen molar-refractivity contribution >= 4 is 22.6 Å². The van der Waals surface area contributed by atoms with Crippen molar-refractivity contribution in [2.75, 3.05) is 0 Å². The highest BCUT2D eigenvalue weighted by Gasteiger charge is 2.35. The van der Waals surface area contributed by atoms with E-state index >= 15 is 0 Å². The first kappa shape index (κ1) is 14.3. The minimum atomic E-state index is -0.664. The summed E-state index contributed by atoms with van der Waals surface area (Å²) in [4.78, 5) is 0. The van der Waals surface area contributed by atoms with Gasteiger partial charge in [-0.15, -0.1) is 0 Å². The van der Waals surface area contributed by atoms with Crippen LogP contribution < -0.4 is 0 Å². The Morgan fingerprint density at radius 1 is 1.17 bits per heavy atom. The fourth-order valence-corrected chi connectivity index (χ4v) is 3.52. The third kappa shape index (κ3) is 3.08. The normalized spacial score (nSPS) is 27.8. The summed E-state index contributed by atoms with van der Waals surface area (Å²) in [6.45, 7) is 4.27. The van der Waals surface area contributed by atoms with Crippen LogP contribution >= 0.6 is 22.6 Å². The molecular weight excluding hydrogens is 335 g/mol. The molecule has 1 aliphatic rings. The van der Waals surface area contributed by atoms with Gasteiger partial charge < -0.3 is 5.11 Å². The smallest absolute Gasteiger partial charge is 0.0896 e. The van der Waals surface area contributed by atoms with Crippen LogP contribution in [0.1, 0.15) is 51.5 Å². The molecule has 18 heavy (non-hydrogen) atoms. The standard InChI is InChI=1S/C16H23IO/c1-3-12-4-6-13(7-5-12)16(2,18)14-8-10-15(17)11-9-14/h8-13,18H,3-7H2,1-2H3. The van der Waals surface area contributed by atoms with E-state index in [-0.39, 0.29) is 0 Å². The van der Waals surface area contributed by atoms with Crippen LogP contribution in [-0.2, 0) is 5.60 Å². The van der Waals surface area contributed by atoms with E-state index in [1.165, 1.54) is 22.8 Å². The predicted molar refractivity (Wildman–Crippen MR) is 84.5 cm³/mol. The zero-order chi connectivity index (χ0) is 13.2. The monoisotopic (exact) mass is 358 g/mol. The molecule has 0 heterocycles. The summed E-state index contributed by atoms with van der Waals surface area (Å²) in [6, 6.07) is 8.32. The summed E-state index contributed by atoms with van der Waals surface area (Å²) in [5.41, 5.74) is 0.408. The molecule has 1 saturated carbocycles. The van der Waals surface area contributed by atoms with Crippen molar-refractivity contribution in [3.05, 3.63) is 33.4 Å². The summed E-state index contributed by atoms with van der Waals surface area (Å²) in [5.74, 6) is 1.30. The molecule has 1 unspecified atom stereocenters. The SMILES string of the molecule is CCC1CCC(C(C)(O)c2ccc(I)cc2)CC1. The van der Waals surface area contributed by atoms with E-state index in [0.29, 0.717) is 5.92 Å². The highest BCUT2D eigenvalue weighted by atomic mass is 127. The summed E-state index contributed by atoms with van der Waals surface area (Å²) >= 11 is 2.31. The third-order valence-corrected chi connectivity index (χ3v) is 5.37. The topological polar surface area (TPSA) is 20.2 Å². The molecular formula is C16H23IO. The summed E-state index contributed by atoms with van der Waals surface area (Å²) in [5, 5.41) is 10.9. The van der Waals surface area contributed by atoms with E-state index in [1.54, 1.807) is 0 Å². The third-order valence-electron chi connectivity index (χ3n) is 4.65. The Balaban J connectivity index is 2.09. The van der Waals surface area contributed by atoms with Crippen molar-refractivity contribution in [2.45, 2.75) is 51.6 Å². The lowest BCUT2D eigenvalue weighted by Crippen LogP contribution is -2.34. The molecule has 1 fully saturated rings. The Labute approximate surface area is 124 Å². The molecule has 1 aromatic carbocycles. The van der Waals surface area contributed by atoms with Gasteiger partial charge in [0, 0.05) is 3.57 Å². The number of rotatable bonds is 3. The lowest BCUT2D eigenvalue weighted by molar-refractivity contribution is -0.0276. The van der Waals surface area contributed by atoms with E-state index < -0.39 is 5.60 Å². The van der Waals surface area contributed by atoms with Crippen molar-refractivity contribution < 1.29 is 5.11 Å². The van der Waals surface area contributed by atoms with Crippen LogP contribution in [0.2, 0.25) is 0 Å². The average Bonchev–Trinajstić information content (AvgIpc) is 2.39. The first-order valence-electron chi connectivity index (χ1n) is 7.02. The first-order valence-corrected chi connectivity index (χ1v) is 8.10. The molecule has 1 nitrogen and oxygen atoms in total. The Hall–Kier alpha value is -0.0900. The molecule has 2 heteroatoms. The van der Waals surface area contributed by atoms with Gasteiger partial charge in [-0.1, -0.05) is 38.3 Å². The molecule has 1 N–H and O–H groups in total. The average molecular weight is 358 g/mol. The molecule has 0 spiro atoms. The molecule has 1 aromatic rings. The molecule has 0 aliphatic heterocycles. The van der Waals surface area contributed by atoms with Crippen molar-refractivity contribution in [2.24, 2.45) is 11.8 Å². The van der Waals surface area contributed by atoms with Crippen LogP contribution in [0.4, 0.5) is 0 Å². The fourth-order valence-electron chi connectivity index (χ4n) is 3.16. The second-order valence-corrected chi connectivity index (χ2v) is 7.03. The second kappa shape index (κ2) is 5.91.